The van der Waals surface area contributed by atoms with Gasteiger partial charge in [-0.1, -0.05) is 20.3 Å². The van der Waals surface area contributed by atoms with E-state index < -0.39 is 0 Å². The minimum Gasteiger partial charge on any atom is -0.282 e. The van der Waals surface area contributed by atoms with Crippen molar-refractivity contribution in [2.24, 2.45) is 17.8 Å². The predicted octanol–water partition coefficient (Wildman–Crippen LogP) is 1.43. The third kappa shape index (κ3) is 1.35. The number of imide groups is 1. The lowest BCUT2D eigenvalue weighted by Crippen LogP contribution is -2.34. The zero-order chi connectivity index (χ0) is 10.3. The fraction of sp³-hybridized carbons (Fsp3) is 0.818. The lowest BCUT2D eigenvalue weighted by molar-refractivity contribution is -0.140. The first-order chi connectivity index (χ1) is 6.61. The van der Waals surface area contributed by atoms with Crippen LogP contribution in [-0.4, -0.2) is 23.3 Å². The van der Waals surface area contributed by atoms with Crippen molar-refractivity contribution in [2.45, 2.75) is 33.1 Å². The summed E-state index contributed by atoms with van der Waals surface area (Å²) in [7, 11) is 0. The molecular weight excluding hydrogens is 178 g/mol. The molecule has 0 bridgehead atoms. The Labute approximate surface area is 84.5 Å². The second kappa shape index (κ2) is 3.37. The number of fused-ring (bicyclic) bond motifs is 1. The van der Waals surface area contributed by atoms with Crippen molar-refractivity contribution in [3.63, 3.8) is 0 Å². The Balaban J connectivity index is 2.13. The Kier molecular flexibility index (Phi) is 2.33. The van der Waals surface area contributed by atoms with Crippen molar-refractivity contribution < 1.29 is 9.59 Å². The Morgan fingerprint density at radius 1 is 1.21 bits per heavy atom. The highest BCUT2D eigenvalue weighted by Gasteiger charge is 2.49. The molecule has 2 amide bonds. The minimum absolute atomic E-state index is 0.0289. The smallest absolute Gasteiger partial charge is 0.233 e. The van der Waals surface area contributed by atoms with E-state index in [2.05, 4.69) is 0 Å². The highest BCUT2D eigenvalue weighted by molar-refractivity contribution is 6.05. The molecule has 2 unspecified atom stereocenters. The van der Waals surface area contributed by atoms with Crippen LogP contribution in [-0.2, 0) is 9.59 Å². The molecule has 78 valence electrons. The van der Waals surface area contributed by atoms with Crippen LogP contribution in [0.1, 0.15) is 33.1 Å². The van der Waals surface area contributed by atoms with Gasteiger partial charge in [0.25, 0.3) is 0 Å². The van der Waals surface area contributed by atoms with Crippen molar-refractivity contribution in [1.29, 1.82) is 0 Å². The average Bonchev–Trinajstić information content (AvgIpc) is 2.65. The Morgan fingerprint density at radius 3 is 2.14 bits per heavy atom. The van der Waals surface area contributed by atoms with Crippen molar-refractivity contribution in [3.05, 3.63) is 0 Å². The minimum atomic E-state index is 0.0289. The lowest BCUT2D eigenvalue weighted by Gasteiger charge is -2.17. The summed E-state index contributed by atoms with van der Waals surface area (Å²) in [6.45, 7) is 4.67. The van der Waals surface area contributed by atoms with Gasteiger partial charge in [-0.15, -0.1) is 0 Å². The molecule has 2 atom stereocenters. The molecule has 1 saturated heterocycles. The largest absolute Gasteiger partial charge is 0.282 e. The van der Waals surface area contributed by atoms with E-state index in [0.29, 0.717) is 12.5 Å². The number of carbonyl (C=O) groups excluding carboxylic acids is 2. The second-order valence-electron chi connectivity index (χ2n) is 4.82. The van der Waals surface area contributed by atoms with E-state index in [4.69, 9.17) is 0 Å². The molecule has 0 spiro atoms. The monoisotopic (exact) mass is 195 g/mol. The molecular formula is C11H17NO2. The summed E-state index contributed by atoms with van der Waals surface area (Å²) in [5.74, 6) is 0.613. The summed E-state index contributed by atoms with van der Waals surface area (Å²) < 4.78 is 0. The molecule has 0 aromatic carbocycles. The van der Waals surface area contributed by atoms with E-state index in [1.807, 2.05) is 13.8 Å². The number of hydrogen-bond acceptors (Lipinski definition) is 2. The van der Waals surface area contributed by atoms with Gasteiger partial charge in [0.2, 0.25) is 11.8 Å². The third-order valence-electron chi connectivity index (χ3n) is 3.23. The highest BCUT2D eigenvalue weighted by Crippen LogP contribution is 2.39. The van der Waals surface area contributed by atoms with Crippen LogP contribution in [0.2, 0.25) is 0 Å². The molecule has 1 heterocycles. The zero-order valence-electron chi connectivity index (χ0n) is 8.82. The van der Waals surface area contributed by atoms with E-state index in [1.54, 1.807) is 0 Å². The average molecular weight is 195 g/mol. The zero-order valence-corrected chi connectivity index (χ0v) is 8.82. The fourth-order valence-electron chi connectivity index (χ4n) is 2.61. The summed E-state index contributed by atoms with van der Waals surface area (Å²) in [6.07, 6.45) is 2.88. The molecule has 0 aromatic rings. The standard InChI is InChI=1S/C11H17NO2/c1-7(2)6-12-10(13)8-4-3-5-9(8)11(12)14/h7-9H,3-6H2,1-2H3. The molecule has 1 aliphatic carbocycles. The molecule has 0 radical (unpaired) electrons. The second-order valence-corrected chi connectivity index (χ2v) is 4.82. The molecule has 1 saturated carbocycles. The van der Waals surface area contributed by atoms with E-state index in [1.165, 1.54) is 4.90 Å². The first-order valence-corrected chi connectivity index (χ1v) is 5.46. The Bertz CT molecular complexity index is 250. The van der Waals surface area contributed by atoms with E-state index >= 15 is 0 Å². The molecule has 2 aliphatic rings. The number of rotatable bonds is 2. The molecule has 2 rings (SSSR count). The van der Waals surface area contributed by atoms with Gasteiger partial charge in [-0.2, -0.15) is 0 Å². The van der Waals surface area contributed by atoms with Crippen LogP contribution in [0.15, 0.2) is 0 Å². The van der Waals surface area contributed by atoms with Crippen LogP contribution in [0.5, 0.6) is 0 Å². The van der Waals surface area contributed by atoms with E-state index in [9.17, 15) is 9.59 Å². The van der Waals surface area contributed by atoms with Gasteiger partial charge in [-0.3, -0.25) is 14.5 Å². The van der Waals surface area contributed by atoms with Gasteiger partial charge in [-0.25, -0.2) is 0 Å². The number of carbonyl (C=O) groups is 2. The molecule has 2 fully saturated rings. The van der Waals surface area contributed by atoms with Crippen LogP contribution in [0.4, 0.5) is 0 Å². The van der Waals surface area contributed by atoms with E-state index in [-0.39, 0.29) is 23.7 Å². The molecule has 1 aliphatic heterocycles. The summed E-state index contributed by atoms with van der Waals surface area (Å²) >= 11 is 0. The Morgan fingerprint density at radius 2 is 1.71 bits per heavy atom. The lowest BCUT2D eigenvalue weighted by atomic mass is 10.00. The summed E-state index contributed by atoms with van der Waals surface area (Å²) in [4.78, 5) is 25.2. The van der Waals surface area contributed by atoms with Crippen molar-refractivity contribution >= 4 is 11.8 Å². The summed E-state index contributed by atoms with van der Waals surface area (Å²) in [5, 5.41) is 0. The molecule has 3 nitrogen and oxygen atoms in total. The van der Waals surface area contributed by atoms with Crippen LogP contribution in [0.25, 0.3) is 0 Å². The van der Waals surface area contributed by atoms with Crippen LogP contribution < -0.4 is 0 Å². The number of likely N-dealkylation sites (tertiary alicyclic amines) is 1. The third-order valence-corrected chi connectivity index (χ3v) is 3.23. The number of amides is 2. The highest BCUT2D eigenvalue weighted by atomic mass is 16.2. The summed E-state index contributed by atoms with van der Waals surface area (Å²) in [6, 6.07) is 0. The maximum Gasteiger partial charge on any atom is 0.233 e. The van der Waals surface area contributed by atoms with Gasteiger partial charge in [-0.05, 0) is 18.8 Å². The molecule has 3 heteroatoms. The maximum atomic E-state index is 11.8. The van der Waals surface area contributed by atoms with Gasteiger partial charge in [0, 0.05) is 6.54 Å². The normalized spacial score (nSPS) is 31.8. The Hall–Kier alpha value is -0.860. The predicted molar refractivity (Wildman–Crippen MR) is 52.4 cm³/mol. The van der Waals surface area contributed by atoms with Crippen LogP contribution >= 0.6 is 0 Å². The quantitative estimate of drug-likeness (QED) is 0.625. The number of nitrogens with zero attached hydrogens (tertiary/aromatic N) is 1. The van der Waals surface area contributed by atoms with Crippen molar-refractivity contribution in [2.75, 3.05) is 6.54 Å². The van der Waals surface area contributed by atoms with Gasteiger partial charge in [0.1, 0.15) is 0 Å². The van der Waals surface area contributed by atoms with Crippen molar-refractivity contribution in [3.8, 4) is 0 Å². The summed E-state index contributed by atoms with van der Waals surface area (Å²) in [5.41, 5.74) is 0. The fourth-order valence-corrected chi connectivity index (χ4v) is 2.61. The van der Waals surface area contributed by atoms with Crippen LogP contribution in [0.3, 0.4) is 0 Å². The van der Waals surface area contributed by atoms with Crippen molar-refractivity contribution in [1.82, 2.24) is 4.90 Å². The maximum absolute atomic E-state index is 11.8. The van der Waals surface area contributed by atoms with Gasteiger partial charge in [0.05, 0.1) is 11.8 Å². The van der Waals surface area contributed by atoms with Crippen LogP contribution in [0, 0.1) is 17.8 Å². The van der Waals surface area contributed by atoms with E-state index in [0.717, 1.165) is 19.3 Å². The molecule has 14 heavy (non-hydrogen) atoms. The molecule has 0 aromatic heterocycles. The van der Waals surface area contributed by atoms with Gasteiger partial charge < -0.3 is 0 Å². The topological polar surface area (TPSA) is 37.4 Å². The van der Waals surface area contributed by atoms with Gasteiger partial charge in [0.15, 0.2) is 0 Å². The molecule has 0 N–H and O–H groups in total. The first-order valence-electron chi connectivity index (χ1n) is 5.46. The van der Waals surface area contributed by atoms with Gasteiger partial charge >= 0.3 is 0 Å². The first kappa shape index (κ1) is 9.69. The number of hydrogen-bond donors (Lipinski definition) is 0. The SMILES string of the molecule is CC(C)CN1C(=O)C2CCCC2C1=O.